The van der Waals surface area contributed by atoms with E-state index in [4.69, 9.17) is 23.2 Å². The number of phenols is 2. The number of nitrogens with zero attached hydrogens (tertiary/aromatic N) is 2. The molecule has 0 bridgehead atoms. The van der Waals surface area contributed by atoms with Crippen LogP contribution in [0.15, 0.2) is 35.7 Å². The Kier molecular flexibility index (Phi) is 8.50. The Morgan fingerprint density at radius 1 is 0.972 bits per heavy atom. The Hall–Kier alpha value is -2.26. The molecule has 0 amide bonds. The van der Waals surface area contributed by atoms with Gasteiger partial charge in [-0.3, -0.25) is 14.5 Å². The summed E-state index contributed by atoms with van der Waals surface area (Å²) in [6.07, 6.45) is 6.78. The van der Waals surface area contributed by atoms with E-state index in [1.807, 2.05) is 31.1 Å². The van der Waals surface area contributed by atoms with Gasteiger partial charge in [-0.2, -0.15) is 0 Å². The van der Waals surface area contributed by atoms with Crippen molar-refractivity contribution in [2.24, 2.45) is 11.8 Å². The summed E-state index contributed by atoms with van der Waals surface area (Å²) in [5.74, 6) is -3.02. The summed E-state index contributed by atoms with van der Waals surface area (Å²) >= 11 is 12.4. The molecule has 3 unspecified atom stereocenters. The van der Waals surface area contributed by atoms with Crippen LogP contribution in [0.1, 0.15) is 40.0 Å². The maximum Gasteiger partial charge on any atom is 0.177 e. The first-order chi connectivity index (χ1) is 17.2. The molecule has 1 aliphatic heterocycles. The number of fused-ring (bicyclic) bond motifs is 2. The van der Waals surface area contributed by atoms with Crippen molar-refractivity contribution < 1.29 is 19.8 Å². The lowest BCUT2D eigenvalue weighted by atomic mass is 9.68. The lowest BCUT2D eigenvalue weighted by molar-refractivity contribution is 0.0768. The molecule has 4 N–H and O–H groups in total. The molecule has 0 spiro atoms. The Balaban J connectivity index is 1.59. The summed E-state index contributed by atoms with van der Waals surface area (Å²) in [6, 6.07) is 2.58. The summed E-state index contributed by atoms with van der Waals surface area (Å²) in [6.45, 7) is 3.48. The number of likely N-dealkylation sites (N-methyl/N-ethyl adjacent to an activating group) is 1. The van der Waals surface area contributed by atoms with Crippen molar-refractivity contribution in [3.8, 4) is 11.5 Å². The largest absolute Gasteiger partial charge is 0.507 e. The van der Waals surface area contributed by atoms with E-state index in [1.165, 1.54) is 12.1 Å². The second kappa shape index (κ2) is 11.4. The second-order valence-electron chi connectivity index (χ2n) is 9.87. The fourth-order valence-corrected chi connectivity index (χ4v) is 5.98. The van der Waals surface area contributed by atoms with Crippen LogP contribution in [0.2, 0.25) is 0 Å². The Morgan fingerprint density at radius 3 is 2.06 bits per heavy atom. The molecule has 3 aliphatic rings. The predicted octanol–water partition coefficient (Wildman–Crippen LogP) is 2.89. The number of aromatic hydroxyl groups is 2. The first kappa shape index (κ1) is 26.8. The normalized spacial score (nSPS) is 24.3. The molecule has 0 aromatic heterocycles. The molecule has 3 atom stereocenters. The highest BCUT2D eigenvalue weighted by Crippen LogP contribution is 2.44. The minimum absolute atomic E-state index is 0.0917. The SMILES string of the molecule is CN(C)CCNC1=CC=C(NCCN2CCCCC2C(Cl)Cl)C2C(=O)c3c(O)ccc(O)c3C(=O)C12. The minimum Gasteiger partial charge on any atom is -0.507 e. The molecule has 8 nitrogen and oxygen atoms in total. The summed E-state index contributed by atoms with van der Waals surface area (Å²) in [7, 11) is 3.91. The van der Waals surface area contributed by atoms with Gasteiger partial charge in [0.1, 0.15) is 16.3 Å². The van der Waals surface area contributed by atoms with E-state index in [1.54, 1.807) is 0 Å². The van der Waals surface area contributed by atoms with Gasteiger partial charge in [0.05, 0.1) is 23.0 Å². The van der Waals surface area contributed by atoms with Crippen LogP contribution in [0.3, 0.4) is 0 Å². The zero-order valence-corrected chi connectivity index (χ0v) is 22.1. The standard InChI is InChI=1S/C26H34Cl2N4O4/c1-31(2)13-10-29-15-6-7-16(30-11-14-32-12-4-3-5-17(32)26(27)28)21-20(15)24(35)22-18(33)8-9-19(34)23(22)25(21)36/h6-9,17,20-21,26,29-30,33-34H,3-5,10-14H2,1-2H3. The average Bonchev–Trinajstić information content (AvgIpc) is 2.84. The van der Waals surface area contributed by atoms with Crippen LogP contribution in [0.4, 0.5) is 0 Å². The fourth-order valence-electron chi connectivity index (χ4n) is 5.41. The van der Waals surface area contributed by atoms with Gasteiger partial charge in [0.15, 0.2) is 11.6 Å². The lowest BCUT2D eigenvalue weighted by Crippen LogP contribution is -2.48. The quantitative estimate of drug-likeness (QED) is 0.282. The molecule has 10 heteroatoms. The smallest absolute Gasteiger partial charge is 0.177 e. The van der Waals surface area contributed by atoms with Crippen molar-refractivity contribution in [1.29, 1.82) is 0 Å². The number of Topliss-reactive ketones (excluding diaryl/α,β-unsaturated/α-hetero) is 2. The minimum atomic E-state index is -0.824. The van der Waals surface area contributed by atoms with Crippen molar-refractivity contribution in [1.82, 2.24) is 20.4 Å². The average molecular weight is 537 g/mol. The van der Waals surface area contributed by atoms with Gasteiger partial charge in [-0.05, 0) is 57.8 Å². The van der Waals surface area contributed by atoms with Gasteiger partial charge in [0, 0.05) is 43.6 Å². The Bertz CT molecular complexity index is 1070. The van der Waals surface area contributed by atoms with Crippen LogP contribution in [0.25, 0.3) is 0 Å². The van der Waals surface area contributed by atoms with E-state index in [-0.39, 0.29) is 40.2 Å². The molecule has 1 aromatic carbocycles. The van der Waals surface area contributed by atoms with E-state index >= 15 is 0 Å². The molecule has 0 radical (unpaired) electrons. The molecule has 2 aliphatic carbocycles. The third kappa shape index (κ3) is 5.37. The number of halogens is 2. The van der Waals surface area contributed by atoms with E-state index in [0.29, 0.717) is 31.0 Å². The number of likely N-dealkylation sites (tertiary alicyclic amines) is 1. The van der Waals surface area contributed by atoms with E-state index < -0.39 is 16.7 Å². The zero-order valence-electron chi connectivity index (χ0n) is 20.6. The number of piperidine rings is 1. The lowest BCUT2D eigenvalue weighted by Gasteiger charge is -2.38. The third-order valence-electron chi connectivity index (χ3n) is 7.24. The monoisotopic (exact) mass is 536 g/mol. The van der Waals surface area contributed by atoms with Gasteiger partial charge in [-0.1, -0.05) is 6.42 Å². The first-order valence-electron chi connectivity index (χ1n) is 12.4. The highest BCUT2D eigenvalue weighted by atomic mass is 35.5. The number of hydrogen-bond acceptors (Lipinski definition) is 8. The second-order valence-corrected chi connectivity index (χ2v) is 11.0. The van der Waals surface area contributed by atoms with Gasteiger partial charge in [0.25, 0.3) is 0 Å². The molecular weight excluding hydrogens is 503 g/mol. The first-order valence-corrected chi connectivity index (χ1v) is 13.3. The van der Waals surface area contributed by atoms with Gasteiger partial charge in [-0.25, -0.2) is 0 Å². The summed E-state index contributed by atoms with van der Waals surface area (Å²) in [4.78, 5) is 31.2. The van der Waals surface area contributed by atoms with Crippen molar-refractivity contribution >= 4 is 34.8 Å². The highest BCUT2D eigenvalue weighted by molar-refractivity contribution is 6.44. The number of carbonyl (C=O) groups is 2. The van der Waals surface area contributed by atoms with Crippen LogP contribution < -0.4 is 10.6 Å². The molecule has 1 aromatic rings. The summed E-state index contributed by atoms with van der Waals surface area (Å²) in [5, 5.41) is 27.6. The van der Waals surface area contributed by atoms with Crippen molar-refractivity contribution in [2.45, 2.75) is 30.1 Å². The number of allylic oxidation sites excluding steroid dienone is 4. The molecule has 196 valence electrons. The van der Waals surface area contributed by atoms with Crippen LogP contribution in [0.5, 0.6) is 11.5 Å². The molecule has 36 heavy (non-hydrogen) atoms. The fraction of sp³-hybridized carbons (Fsp3) is 0.538. The number of hydrogen-bond donors (Lipinski definition) is 4. The molecular formula is C26H34Cl2N4O4. The van der Waals surface area contributed by atoms with Crippen LogP contribution >= 0.6 is 23.2 Å². The van der Waals surface area contributed by atoms with Crippen molar-refractivity contribution in [3.63, 3.8) is 0 Å². The number of nitrogens with one attached hydrogen (secondary N) is 2. The number of alkyl halides is 2. The van der Waals surface area contributed by atoms with Gasteiger partial charge in [0.2, 0.25) is 0 Å². The van der Waals surface area contributed by atoms with Gasteiger partial charge < -0.3 is 25.7 Å². The van der Waals surface area contributed by atoms with Crippen molar-refractivity contribution in [2.75, 3.05) is 46.8 Å². The number of phenolic OH excluding ortho intramolecular Hbond substituents is 2. The number of carbonyl (C=O) groups excluding carboxylic acids is 2. The number of benzene rings is 1. The molecule has 1 heterocycles. The van der Waals surface area contributed by atoms with Crippen LogP contribution in [0, 0.1) is 11.8 Å². The predicted molar refractivity (Wildman–Crippen MR) is 141 cm³/mol. The maximum absolute atomic E-state index is 13.7. The zero-order chi connectivity index (χ0) is 26.0. The maximum atomic E-state index is 13.7. The topological polar surface area (TPSA) is 105 Å². The van der Waals surface area contributed by atoms with Gasteiger partial charge >= 0.3 is 0 Å². The Labute approximate surface area is 221 Å². The highest BCUT2D eigenvalue weighted by Gasteiger charge is 2.48. The number of ketones is 2. The Morgan fingerprint density at radius 2 is 1.53 bits per heavy atom. The molecule has 1 fully saturated rings. The molecule has 0 saturated carbocycles. The van der Waals surface area contributed by atoms with Crippen LogP contribution in [-0.2, 0) is 0 Å². The summed E-state index contributed by atoms with van der Waals surface area (Å²) < 4.78 is 0. The molecule has 1 saturated heterocycles. The van der Waals surface area contributed by atoms with E-state index in [9.17, 15) is 19.8 Å². The van der Waals surface area contributed by atoms with Gasteiger partial charge in [-0.15, -0.1) is 23.2 Å². The van der Waals surface area contributed by atoms with E-state index in [2.05, 4.69) is 15.5 Å². The number of rotatable bonds is 9. The van der Waals surface area contributed by atoms with Crippen LogP contribution in [-0.4, -0.2) is 89.3 Å². The van der Waals surface area contributed by atoms with Crippen molar-refractivity contribution in [3.05, 3.63) is 46.8 Å². The molecule has 4 rings (SSSR count). The van der Waals surface area contributed by atoms with E-state index in [0.717, 1.165) is 32.4 Å². The third-order valence-corrected chi connectivity index (χ3v) is 7.82. The summed E-state index contributed by atoms with van der Waals surface area (Å²) in [5.41, 5.74) is 1.01.